The van der Waals surface area contributed by atoms with Crippen LogP contribution in [0.5, 0.6) is 5.88 Å². The summed E-state index contributed by atoms with van der Waals surface area (Å²) in [5, 5.41) is 28.3. The fourth-order valence-electron chi connectivity index (χ4n) is 3.55. The minimum Gasteiger partial charge on any atom is -0.470 e. The first kappa shape index (κ1) is 21.2. The molecule has 1 aromatic carbocycles. The number of hydrogen-bond donors (Lipinski definition) is 1. The summed E-state index contributed by atoms with van der Waals surface area (Å²) >= 11 is 1.58. The summed E-state index contributed by atoms with van der Waals surface area (Å²) in [7, 11) is 0. The molecular weight excluding hydrogens is 438 g/mol. The molecule has 0 fully saturated rings. The molecule has 0 bridgehead atoms. The molecular formula is C24H21N5O3S. The zero-order valence-electron chi connectivity index (χ0n) is 17.9. The van der Waals surface area contributed by atoms with Crippen LogP contribution in [0.4, 0.5) is 0 Å². The monoisotopic (exact) mass is 459 g/mol. The molecule has 4 aromatic heterocycles. The van der Waals surface area contributed by atoms with Gasteiger partial charge < -0.3 is 9.84 Å². The summed E-state index contributed by atoms with van der Waals surface area (Å²) in [5.41, 5.74) is 2.81. The van der Waals surface area contributed by atoms with E-state index in [-0.39, 0.29) is 31.3 Å². The smallest absolute Gasteiger partial charge is 0.240 e. The summed E-state index contributed by atoms with van der Waals surface area (Å²) in [6.45, 7) is 2.01. The van der Waals surface area contributed by atoms with Crippen LogP contribution in [0, 0.1) is 5.92 Å². The number of carbonyl (C=O) groups is 1. The molecule has 0 saturated carbocycles. The summed E-state index contributed by atoms with van der Waals surface area (Å²) in [6.07, 6.45) is 1.84. The van der Waals surface area contributed by atoms with Crippen molar-refractivity contribution in [1.29, 1.82) is 0 Å². The molecule has 166 valence electrons. The number of ketones is 1. The van der Waals surface area contributed by atoms with Gasteiger partial charge >= 0.3 is 0 Å². The largest absolute Gasteiger partial charge is 0.470 e. The maximum absolute atomic E-state index is 12.3. The molecule has 1 atom stereocenters. The number of thiophene rings is 1. The summed E-state index contributed by atoms with van der Waals surface area (Å²) in [4.78, 5) is 16.6. The Morgan fingerprint density at radius 1 is 1.15 bits per heavy atom. The van der Waals surface area contributed by atoms with Gasteiger partial charge in [-0.05, 0) is 35.6 Å². The Bertz CT molecular complexity index is 1410. The Hall–Kier alpha value is -3.69. The standard InChI is InChI=1S/C24H21N5O3S/c1-15(12-30)10-21(31)16-6-7-18(25-11-16)13-32-24-20-5-3-2-4-19(20)23-27-26-22(29(23)28-24)17-8-9-33-14-17/h2-9,11,14-15,30H,10,12-13H2,1H3/t15-/m0/s1. The van der Waals surface area contributed by atoms with Crippen molar-refractivity contribution in [2.45, 2.75) is 20.0 Å². The molecule has 9 heteroatoms. The van der Waals surface area contributed by atoms with Crippen LogP contribution in [0.2, 0.25) is 0 Å². The number of carbonyl (C=O) groups excluding carboxylic acids is 1. The second-order valence-corrected chi connectivity index (χ2v) is 8.64. The van der Waals surface area contributed by atoms with E-state index < -0.39 is 0 Å². The van der Waals surface area contributed by atoms with Crippen LogP contribution in [-0.2, 0) is 6.61 Å². The number of aliphatic hydroxyl groups is 1. The van der Waals surface area contributed by atoms with Crippen molar-refractivity contribution in [2.24, 2.45) is 5.92 Å². The molecule has 5 aromatic rings. The van der Waals surface area contributed by atoms with Gasteiger partial charge in [0.2, 0.25) is 5.88 Å². The quantitative estimate of drug-likeness (QED) is 0.347. The number of aromatic nitrogens is 5. The third-order valence-electron chi connectivity index (χ3n) is 5.36. The molecule has 0 spiro atoms. The highest BCUT2D eigenvalue weighted by molar-refractivity contribution is 7.08. The molecule has 8 nitrogen and oxygen atoms in total. The van der Waals surface area contributed by atoms with Gasteiger partial charge in [-0.3, -0.25) is 9.78 Å². The summed E-state index contributed by atoms with van der Waals surface area (Å²) < 4.78 is 7.78. The second kappa shape index (κ2) is 9.05. The lowest BCUT2D eigenvalue weighted by molar-refractivity contribution is 0.0943. The van der Waals surface area contributed by atoms with Crippen molar-refractivity contribution in [3.05, 3.63) is 70.7 Å². The van der Waals surface area contributed by atoms with Gasteiger partial charge in [0, 0.05) is 46.5 Å². The zero-order valence-corrected chi connectivity index (χ0v) is 18.7. The predicted molar refractivity (Wildman–Crippen MR) is 125 cm³/mol. The van der Waals surface area contributed by atoms with Crippen LogP contribution in [0.25, 0.3) is 27.8 Å². The predicted octanol–water partition coefficient (Wildman–Crippen LogP) is 4.18. The molecule has 0 radical (unpaired) electrons. The number of aliphatic hydroxyl groups excluding tert-OH is 1. The van der Waals surface area contributed by atoms with E-state index in [0.29, 0.717) is 28.6 Å². The number of Topliss-reactive ketones (excluding diaryl/α,β-unsaturated/α-hetero) is 1. The lowest BCUT2D eigenvalue weighted by atomic mass is 10.0. The Kier molecular flexibility index (Phi) is 5.80. The van der Waals surface area contributed by atoms with E-state index in [1.807, 2.05) is 48.0 Å². The SMILES string of the molecule is C[C@H](CO)CC(=O)c1ccc(COc2nn3c(-c4ccsc4)nnc3c3ccccc23)nc1. The van der Waals surface area contributed by atoms with Crippen LogP contribution in [0.15, 0.2) is 59.4 Å². The van der Waals surface area contributed by atoms with Crippen molar-refractivity contribution in [1.82, 2.24) is 24.8 Å². The van der Waals surface area contributed by atoms with Crippen LogP contribution in [0.3, 0.4) is 0 Å². The molecule has 5 rings (SSSR count). The van der Waals surface area contributed by atoms with Crippen molar-refractivity contribution < 1.29 is 14.6 Å². The average molecular weight is 460 g/mol. The number of ether oxygens (including phenoxy) is 1. The highest BCUT2D eigenvalue weighted by Crippen LogP contribution is 2.29. The maximum Gasteiger partial charge on any atom is 0.240 e. The molecule has 0 aliphatic rings. The van der Waals surface area contributed by atoms with E-state index in [1.165, 1.54) is 0 Å². The summed E-state index contributed by atoms with van der Waals surface area (Å²) in [5.74, 6) is 0.989. The molecule has 0 aliphatic heterocycles. The lowest BCUT2D eigenvalue weighted by Gasteiger charge is -2.10. The second-order valence-electron chi connectivity index (χ2n) is 7.86. The van der Waals surface area contributed by atoms with Crippen LogP contribution >= 0.6 is 11.3 Å². The van der Waals surface area contributed by atoms with Gasteiger partial charge in [0.15, 0.2) is 17.3 Å². The normalized spacial score (nSPS) is 12.3. The Morgan fingerprint density at radius 3 is 2.73 bits per heavy atom. The number of benzene rings is 1. The van der Waals surface area contributed by atoms with Crippen molar-refractivity contribution in [3.8, 4) is 17.3 Å². The first-order valence-electron chi connectivity index (χ1n) is 10.5. The minimum absolute atomic E-state index is 0.0169. The van der Waals surface area contributed by atoms with Crippen molar-refractivity contribution in [2.75, 3.05) is 6.61 Å². The van der Waals surface area contributed by atoms with Gasteiger partial charge in [-0.2, -0.15) is 15.9 Å². The van der Waals surface area contributed by atoms with Gasteiger partial charge in [-0.15, -0.1) is 15.3 Å². The van der Waals surface area contributed by atoms with Gasteiger partial charge in [0.25, 0.3) is 0 Å². The highest BCUT2D eigenvalue weighted by atomic mass is 32.1. The molecule has 0 aliphatic carbocycles. The van der Waals surface area contributed by atoms with E-state index in [0.717, 1.165) is 16.3 Å². The van der Waals surface area contributed by atoms with Crippen molar-refractivity contribution >= 4 is 33.5 Å². The van der Waals surface area contributed by atoms with E-state index in [4.69, 9.17) is 14.9 Å². The molecule has 0 unspecified atom stereocenters. The van der Waals surface area contributed by atoms with Crippen LogP contribution in [0.1, 0.15) is 29.4 Å². The average Bonchev–Trinajstić information content (AvgIpc) is 3.52. The minimum atomic E-state index is -0.0774. The number of fused-ring (bicyclic) bond motifs is 3. The molecule has 0 amide bonds. The third kappa shape index (κ3) is 4.20. The number of nitrogens with zero attached hydrogens (tertiary/aromatic N) is 5. The van der Waals surface area contributed by atoms with Crippen molar-refractivity contribution in [3.63, 3.8) is 0 Å². The van der Waals surface area contributed by atoms with Gasteiger partial charge in [0.1, 0.15) is 6.61 Å². The molecule has 0 saturated heterocycles. The fraction of sp³-hybridized carbons (Fsp3) is 0.208. The molecule has 33 heavy (non-hydrogen) atoms. The fourth-order valence-corrected chi connectivity index (χ4v) is 4.18. The lowest BCUT2D eigenvalue weighted by Crippen LogP contribution is -2.10. The van der Waals surface area contributed by atoms with Crippen LogP contribution in [-0.4, -0.2) is 42.3 Å². The maximum atomic E-state index is 12.3. The van der Waals surface area contributed by atoms with E-state index >= 15 is 0 Å². The first-order chi connectivity index (χ1) is 16.1. The first-order valence-corrected chi connectivity index (χ1v) is 11.5. The Balaban J connectivity index is 1.43. The van der Waals surface area contributed by atoms with Crippen LogP contribution < -0.4 is 4.74 Å². The molecule has 1 N–H and O–H groups in total. The zero-order chi connectivity index (χ0) is 22.8. The molecule has 4 heterocycles. The number of rotatable bonds is 8. The van der Waals surface area contributed by atoms with Gasteiger partial charge in [-0.25, -0.2) is 0 Å². The number of pyridine rings is 1. The Labute approximate surface area is 193 Å². The highest BCUT2D eigenvalue weighted by Gasteiger charge is 2.17. The van der Waals surface area contributed by atoms with E-state index in [2.05, 4.69) is 15.2 Å². The Morgan fingerprint density at radius 2 is 2.00 bits per heavy atom. The third-order valence-corrected chi connectivity index (χ3v) is 6.04. The van der Waals surface area contributed by atoms with E-state index in [9.17, 15) is 4.79 Å². The number of hydrogen-bond acceptors (Lipinski definition) is 8. The van der Waals surface area contributed by atoms with Gasteiger partial charge in [-0.1, -0.05) is 25.1 Å². The topological polar surface area (TPSA) is 102 Å². The van der Waals surface area contributed by atoms with Gasteiger partial charge in [0.05, 0.1) is 5.69 Å². The summed E-state index contributed by atoms with van der Waals surface area (Å²) in [6, 6.07) is 13.3. The van der Waals surface area contributed by atoms with E-state index in [1.54, 1.807) is 34.2 Å².